The summed E-state index contributed by atoms with van der Waals surface area (Å²) in [5.74, 6) is -6.57. The Labute approximate surface area is 372 Å². The molecular weight excluding hydrogens is 858 g/mol. The van der Waals surface area contributed by atoms with E-state index in [-0.39, 0.29) is 62.9 Å². The molecule has 0 radical (unpaired) electrons. The molecule has 1 saturated heterocycles. The van der Waals surface area contributed by atoms with Crippen molar-refractivity contribution >= 4 is 58.1 Å². The summed E-state index contributed by atoms with van der Waals surface area (Å²) in [5, 5.41) is 29.6. The number of likely N-dealkylation sites (tertiary alicyclic amines) is 1. The first-order valence-electron chi connectivity index (χ1n) is 20.7. The number of primary amides is 1. The number of nitrogens with two attached hydrogens (primary N) is 4. The Balaban J connectivity index is 0.00000148. The van der Waals surface area contributed by atoms with E-state index in [1.807, 2.05) is 56.3 Å². The van der Waals surface area contributed by atoms with Gasteiger partial charge in [-0.2, -0.15) is 13.2 Å². The molecule has 6 amide bonds. The van der Waals surface area contributed by atoms with Crippen LogP contribution < -0.4 is 44.2 Å². The Morgan fingerprint density at radius 2 is 1.40 bits per heavy atom. The number of aliphatic imine (C=N–C) groups is 1. The fourth-order valence-electron chi connectivity index (χ4n) is 6.87. The number of phenolic OH excluding ortho intramolecular Hbond substituents is 1. The second kappa shape index (κ2) is 24.8. The average molecular weight is 915 g/mol. The number of alkyl halides is 3. The molecular formula is C43H57F3N10O9. The number of hydrogen-bond acceptors (Lipinski definition) is 10. The molecule has 0 spiro atoms. The number of rotatable bonds is 20. The minimum atomic E-state index is -5.08. The number of nitrogens with one attached hydrogen (secondary N) is 4. The van der Waals surface area contributed by atoms with E-state index < -0.39 is 77.8 Å². The quantitative estimate of drug-likeness (QED) is 0.0420. The van der Waals surface area contributed by atoms with E-state index in [0.717, 1.165) is 16.3 Å². The Morgan fingerprint density at radius 3 is 2.00 bits per heavy atom. The van der Waals surface area contributed by atoms with Crippen molar-refractivity contribution in [3.05, 3.63) is 77.9 Å². The maximum atomic E-state index is 14.2. The van der Waals surface area contributed by atoms with Crippen LogP contribution in [0.5, 0.6) is 5.75 Å². The third-order valence-corrected chi connectivity index (χ3v) is 10.0. The second-order valence-electron chi connectivity index (χ2n) is 15.8. The summed E-state index contributed by atoms with van der Waals surface area (Å²) in [4.78, 5) is 94.4. The van der Waals surface area contributed by atoms with Crippen LogP contribution in [-0.4, -0.2) is 119 Å². The number of aliphatic carboxylic acids is 1. The molecule has 3 aromatic rings. The number of nitrogens with zero attached hydrogens (tertiary/aromatic N) is 2. The van der Waals surface area contributed by atoms with Gasteiger partial charge in [0, 0.05) is 19.5 Å². The number of carbonyl (C=O) groups is 7. The maximum Gasteiger partial charge on any atom is 0.490 e. The number of carbonyl (C=O) groups excluding carboxylic acids is 6. The lowest BCUT2D eigenvalue weighted by Crippen LogP contribution is -2.59. The van der Waals surface area contributed by atoms with Gasteiger partial charge in [0.25, 0.3) is 0 Å². The molecule has 1 heterocycles. The lowest BCUT2D eigenvalue weighted by Gasteiger charge is -2.30. The molecule has 354 valence electrons. The van der Waals surface area contributed by atoms with Gasteiger partial charge in [-0.05, 0) is 78.5 Å². The van der Waals surface area contributed by atoms with Crippen molar-refractivity contribution in [2.75, 3.05) is 19.6 Å². The fraction of sp³-hybridized carbons (Fsp3) is 0.442. The van der Waals surface area contributed by atoms with Crippen molar-refractivity contribution in [3.8, 4) is 5.75 Å². The van der Waals surface area contributed by atoms with Crippen LogP contribution >= 0.6 is 0 Å². The van der Waals surface area contributed by atoms with Gasteiger partial charge < -0.3 is 59.3 Å². The van der Waals surface area contributed by atoms with E-state index in [1.165, 1.54) is 17.0 Å². The molecule has 1 fully saturated rings. The summed E-state index contributed by atoms with van der Waals surface area (Å²) < 4.78 is 31.7. The summed E-state index contributed by atoms with van der Waals surface area (Å²) >= 11 is 0. The van der Waals surface area contributed by atoms with E-state index in [0.29, 0.717) is 24.8 Å². The lowest BCUT2D eigenvalue weighted by atomic mass is 9.98. The van der Waals surface area contributed by atoms with Gasteiger partial charge in [-0.1, -0.05) is 68.4 Å². The third-order valence-electron chi connectivity index (χ3n) is 10.0. The fourth-order valence-corrected chi connectivity index (χ4v) is 6.87. The molecule has 14 N–H and O–H groups in total. The van der Waals surface area contributed by atoms with Gasteiger partial charge in [0.15, 0.2) is 5.96 Å². The molecule has 0 aromatic heterocycles. The molecule has 0 bridgehead atoms. The summed E-state index contributed by atoms with van der Waals surface area (Å²) in [6, 6.07) is 14.4. The van der Waals surface area contributed by atoms with Gasteiger partial charge in [0.1, 0.15) is 29.9 Å². The first-order chi connectivity index (χ1) is 30.5. The van der Waals surface area contributed by atoms with Gasteiger partial charge in [-0.25, -0.2) is 4.79 Å². The van der Waals surface area contributed by atoms with E-state index in [2.05, 4.69) is 26.3 Å². The molecule has 1 aliphatic heterocycles. The molecule has 4 rings (SSSR count). The molecule has 0 aliphatic carbocycles. The van der Waals surface area contributed by atoms with Crippen molar-refractivity contribution in [2.45, 2.75) is 95.2 Å². The molecule has 0 unspecified atom stereocenters. The number of hydrogen-bond donors (Lipinski definition) is 10. The smallest absolute Gasteiger partial charge is 0.490 e. The Morgan fingerprint density at radius 1 is 0.815 bits per heavy atom. The van der Waals surface area contributed by atoms with Crippen molar-refractivity contribution in [1.82, 2.24) is 26.2 Å². The van der Waals surface area contributed by atoms with Gasteiger partial charge in [0.05, 0.1) is 12.6 Å². The van der Waals surface area contributed by atoms with Gasteiger partial charge in [0.2, 0.25) is 35.4 Å². The molecule has 19 nitrogen and oxygen atoms in total. The summed E-state index contributed by atoms with van der Waals surface area (Å²) in [7, 11) is 0. The SMILES string of the molecule is CC(C)C[C@H](NC(=O)[C@@H](Cc1ccc2ccccc2c1)NC(=O)[C@@H](N)Cc1ccc(O)cc1)C(=O)N[C@@H](CCCN=C(N)N)C(=O)N1CCC[C@H]1C(=O)NCC(N)=O.O=C(O)C(F)(F)F. The average Bonchev–Trinajstić information content (AvgIpc) is 3.74. The minimum Gasteiger partial charge on any atom is -0.508 e. The van der Waals surface area contributed by atoms with Crippen LogP contribution in [0.2, 0.25) is 0 Å². The lowest BCUT2D eigenvalue weighted by molar-refractivity contribution is -0.192. The highest BCUT2D eigenvalue weighted by Gasteiger charge is 2.39. The minimum absolute atomic E-state index is 0.0696. The molecule has 65 heavy (non-hydrogen) atoms. The van der Waals surface area contributed by atoms with Crippen LogP contribution in [0.4, 0.5) is 13.2 Å². The third kappa shape index (κ3) is 17.6. The van der Waals surface area contributed by atoms with Crippen molar-refractivity contribution < 1.29 is 56.9 Å². The van der Waals surface area contributed by atoms with Crippen LogP contribution in [0.1, 0.15) is 57.1 Å². The molecule has 0 saturated carbocycles. The predicted octanol–water partition coefficient (Wildman–Crippen LogP) is 0.438. The standard InChI is InChI=1S/C41H56N10O7.C2HF3O2/c1-24(2)19-32(37(55)48-31(9-5-17-46-41(44)45)40(58)51-18-6-10-34(51)39(57)47-23-35(43)53)50-38(56)33(22-26-11-14-27-7-3-4-8-28(27)20-26)49-36(54)30(42)21-25-12-15-29(52)16-13-25;3-2(4,5)1(6)7/h3-4,7-8,11-16,20,24,30-34,52H,5-6,9-10,17-19,21-23,42H2,1-2H3,(H2,43,53)(H,47,57)(H,48,55)(H,49,54)(H,50,56)(H4,44,45,46);(H,6,7)/t30-,31-,32-,33+,34-;/m0./s1. The number of carboxylic acids is 1. The molecule has 3 aromatic carbocycles. The number of guanidine groups is 1. The summed E-state index contributed by atoms with van der Waals surface area (Å²) in [6.07, 6.45) is -3.42. The second-order valence-corrected chi connectivity index (χ2v) is 15.8. The highest BCUT2D eigenvalue weighted by molar-refractivity contribution is 5.97. The molecule has 5 atom stereocenters. The molecule has 22 heteroatoms. The Hall–Kier alpha value is -6.97. The van der Waals surface area contributed by atoms with Crippen molar-refractivity contribution in [3.63, 3.8) is 0 Å². The summed E-state index contributed by atoms with van der Waals surface area (Å²) in [5.41, 5.74) is 23.9. The van der Waals surface area contributed by atoms with E-state index >= 15 is 0 Å². The number of benzene rings is 3. The van der Waals surface area contributed by atoms with Crippen LogP contribution in [0.15, 0.2) is 71.7 Å². The van der Waals surface area contributed by atoms with Gasteiger partial charge in [-0.15, -0.1) is 0 Å². The maximum absolute atomic E-state index is 14.2. The zero-order valence-electron chi connectivity index (χ0n) is 36.0. The van der Waals surface area contributed by atoms with Crippen LogP contribution in [0.3, 0.4) is 0 Å². The van der Waals surface area contributed by atoms with E-state index in [4.69, 9.17) is 32.8 Å². The number of carboxylic acid groups (broad SMARTS) is 1. The Bertz CT molecular complexity index is 2170. The highest BCUT2D eigenvalue weighted by Crippen LogP contribution is 2.21. The zero-order chi connectivity index (χ0) is 48.4. The van der Waals surface area contributed by atoms with Crippen molar-refractivity contribution in [1.29, 1.82) is 0 Å². The highest BCUT2D eigenvalue weighted by atomic mass is 19.4. The number of fused-ring (bicyclic) bond motifs is 1. The first-order valence-corrected chi connectivity index (χ1v) is 20.7. The van der Waals surface area contributed by atoms with E-state index in [9.17, 15) is 47.0 Å². The number of halogens is 3. The topological polar surface area (TPSA) is 328 Å². The Kier molecular flexibility index (Phi) is 20.0. The van der Waals surface area contributed by atoms with Crippen LogP contribution in [0, 0.1) is 5.92 Å². The van der Waals surface area contributed by atoms with Crippen molar-refractivity contribution in [2.24, 2.45) is 33.8 Å². The normalized spacial score (nSPS) is 15.3. The zero-order valence-corrected chi connectivity index (χ0v) is 36.0. The predicted molar refractivity (Wildman–Crippen MR) is 233 cm³/mol. The molecule has 1 aliphatic rings. The number of amides is 6. The monoisotopic (exact) mass is 914 g/mol. The first kappa shape index (κ1) is 52.4. The largest absolute Gasteiger partial charge is 0.508 e. The van der Waals surface area contributed by atoms with E-state index in [1.54, 1.807) is 12.1 Å². The van der Waals surface area contributed by atoms with Crippen LogP contribution in [0.25, 0.3) is 10.8 Å². The number of phenols is 1. The van der Waals surface area contributed by atoms with Crippen LogP contribution in [-0.2, 0) is 46.4 Å². The van der Waals surface area contributed by atoms with Gasteiger partial charge in [-0.3, -0.25) is 33.8 Å². The number of aromatic hydroxyl groups is 1. The summed E-state index contributed by atoms with van der Waals surface area (Å²) in [6.45, 7) is 3.77. The van der Waals surface area contributed by atoms with Gasteiger partial charge >= 0.3 is 12.1 Å².